The predicted molar refractivity (Wildman–Crippen MR) is 89.0 cm³/mol. The van der Waals surface area contributed by atoms with Crippen molar-refractivity contribution in [1.82, 2.24) is 9.88 Å². The van der Waals surface area contributed by atoms with Gasteiger partial charge in [0.1, 0.15) is 18.1 Å². The Bertz CT molecular complexity index is 714. The number of fused-ring (bicyclic) bond motifs is 1. The van der Waals surface area contributed by atoms with E-state index in [4.69, 9.17) is 9.47 Å². The number of carbonyl (C=O) groups excluding carboxylic acids is 1. The van der Waals surface area contributed by atoms with Gasteiger partial charge in [-0.05, 0) is 37.1 Å². The van der Waals surface area contributed by atoms with Crippen molar-refractivity contribution in [1.29, 1.82) is 0 Å². The minimum absolute atomic E-state index is 0.103. The van der Waals surface area contributed by atoms with Gasteiger partial charge >= 0.3 is 0 Å². The van der Waals surface area contributed by atoms with E-state index in [0.717, 1.165) is 27.6 Å². The predicted octanol–water partition coefficient (Wildman–Crippen LogP) is 2.67. The summed E-state index contributed by atoms with van der Waals surface area (Å²) < 4.78 is 11.0. The van der Waals surface area contributed by atoms with Crippen molar-refractivity contribution >= 4 is 17.2 Å². The van der Waals surface area contributed by atoms with Gasteiger partial charge in [-0.15, -0.1) is 11.3 Å². The monoisotopic (exact) mass is 332 g/mol. The zero-order valence-corrected chi connectivity index (χ0v) is 14.4. The molecule has 1 atom stereocenters. The highest BCUT2D eigenvalue weighted by atomic mass is 32.1. The zero-order valence-electron chi connectivity index (χ0n) is 13.5. The topological polar surface area (TPSA) is 51.7 Å². The second-order valence-electron chi connectivity index (χ2n) is 5.74. The second-order valence-corrected chi connectivity index (χ2v) is 6.68. The molecule has 0 aliphatic carbocycles. The molecule has 0 spiro atoms. The van der Waals surface area contributed by atoms with Gasteiger partial charge < -0.3 is 14.4 Å². The van der Waals surface area contributed by atoms with Gasteiger partial charge in [0.05, 0.1) is 30.8 Å². The molecule has 2 heterocycles. The van der Waals surface area contributed by atoms with E-state index in [9.17, 15) is 4.79 Å². The van der Waals surface area contributed by atoms with Crippen molar-refractivity contribution in [3.63, 3.8) is 0 Å². The van der Waals surface area contributed by atoms with Crippen molar-refractivity contribution in [2.45, 2.75) is 19.9 Å². The molecule has 2 aromatic rings. The third-order valence-corrected chi connectivity index (χ3v) is 5.04. The molecule has 0 bridgehead atoms. The molecule has 3 rings (SSSR count). The van der Waals surface area contributed by atoms with Crippen LogP contribution in [0.25, 0.3) is 0 Å². The average Bonchev–Trinajstić information content (AvgIpc) is 2.97. The third kappa shape index (κ3) is 3.32. The third-order valence-electron chi connectivity index (χ3n) is 4.13. The number of aryl methyl sites for hydroxylation is 1. The number of thiazole rings is 1. The van der Waals surface area contributed by atoms with Gasteiger partial charge in [-0.1, -0.05) is 0 Å². The molecule has 0 saturated heterocycles. The number of rotatable bonds is 4. The molecule has 0 radical (unpaired) electrons. The molecule has 1 unspecified atom stereocenters. The van der Waals surface area contributed by atoms with E-state index in [1.165, 1.54) is 0 Å². The lowest BCUT2D eigenvalue weighted by Crippen LogP contribution is -2.38. The van der Waals surface area contributed by atoms with Gasteiger partial charge in [0.25, 0.3) is 0 Å². The van der Waals surface area contributed by atoms with E-state index in [2.05, 4.69) is 4.98 Å². The fourth-order valence-electron chi connectivity index (χ4n) is 2.74. The Labute approximate surface area is 139 Å². The highest BCUT2D eigenvalue weighted by Gasteiger charge is 2.28. The quantitative estimate of drug-likeness (QED) is 0.864. The minimum atomic E-state index is -0.159. The van der Waals surface area contributed by atoms with Crippen LogP contribution in [0, 0.1) is 12.8 Å². The van der Waals surface area contributed by atoms with Crippen LogP contribution in [0.5, 0.6) is 11.5 Å². The van der Waals surface area contributed by atoms with E-state index >= 15 is 0 Å². The van der Waals surface area contributed by atoms with Crippen molar-refractivity contribution in [3.8, 4) is 11.5 Å². The average molecular weight is 332 g/mol. The van der Waals surface area contributed by atoms with E-state index in [1.54, 1.807) is 23.3 Å². The van der Waals surface area contributed by atoms with Crippen molar-refractivity contribution in [2.24, 2.45) is 5.92 Å². The minimum Gasteiger partial charge on any atom is -0.497 e. The van der Waals surface area contributed by atoms with E-state index < -0.39 is 0 Å². The molecule has 5 nitrogen and oxygen atoms in total. The number of methoxy groups -OCH3 is 1. The Balaban J connectivity index is 1.69. The van der Waals surface area contributed by atoms with Crippen molar-refractivity contribution in [2.75, 3.05) is 20.8 Å². The summed E-state index contributed by atoms with van der Waals surface area (Å²) in [5.74, 6) is 1.57. The van der Waals surface area contributed by atoms with Crippen molar-refractivity contribution < 1.29 is 14.3 Å². The number of nitrogens with zero attached hydrogens (tertiary/aromatic N) is 2. The van der Waals surface area contributed by atoms with Gasteiger partial charge in [-0.3, -0.25) is 4.79 Å². The molecule has 1 aromatic carbocycles. The summed E-state index contributed by atoms with van der Waals surface area (Å²) in [5, 5.41) is 0. The number of hydrogen-bond acceptors (Lipinski definition) is 5. The normalized spacial score (nSPS) is 16.4. The number of benzene rings is 1. The summed E-state index contributed by atoms with van der Waals surface area (Å²) in [4.78, 5) is 19.8. The van der Waals surface area contributed by atoms with Crippen LogP contribution in [0.1, 0.15) is 16.1 Å². The molecule has 1 amide bonds. The Morgan fingerprint density at radius 1 is 1.52 bits per heavy atom. The van der Waals surface area contributed by atoms with Gasteiger partial charge in [-0.25, -0.2) is 4.98 Å². The second kappa shape index (κ2) is 6.58. The molecule has 1 aliphatic heterocycles. The molecule has 23 heavy (non-hydrogen) atoms. The number of aromatic nitrogens is 1. The largest absolute Gasteiger partial charge is 0.497 e. The van der Waals surface area contributed by atoms with Crippen molar-refractivity contribution in [3.05, 3.63) is 39.8 Å². The molecular weight excluding hydrogens is 312 g/mol. The van der Waals surface area contributed by atoms with Crippen LogP contribution < -0.4 is 9.47 Å². The van der Waals surface area contributed by atoms with Crippen LogP contribution in [0.2, 0.25) is 0 Å². The summed E-state index contributed by atoms with van der Waals surface area (Å²) >= 11 is 1.58. The molecule has 6 heteroatoms. The van der Waals surface area contributed by atoms with Gasteiger partial charge in [-0.2, -0.15) is 0 Å². The Morgan fingerprint density at radius 3 is 3.04 bits per heavy atom. The van der Waals surface area contributed by atoms with Crippen LogP contribution in [0.4, 0.5) is 0 Å². The zero-order chi connectivity index (χ0) is 16.4. The lowest BCUT2D eigenvalue weighted by molar-refractivity contribution is -0.136. The molecule has 0 saturated carbocycles. The lowest BCUT2D eigenvalue weighted by atomic mass is 9.95. The maximum Gasteiger partial charge on any atom is 0.229 e. The van der Waals surface area contributed by atoms with E-state index in [0.29, 0.717) is 19.6 Å². The molecular formula is C17H20N2O3S. The van der Waals surface area contributed by atoms with Crippen LogP contribution >= 0.6 is 11.3 Å². The number of ether oxygens (including phenoxy) is 2. The lowest BCUT2D eigenvalue weighted by Gasteiger charge is -2.28. The number of carbonyl (C=O) groups is 1. The maximum atomic E-state index is 12.7. The smallest absolute Gasteiger partial charge is 0.229 e. The highest BCUT2D eigenvalue weighted by molar-refractivity contribution is 7.09. The van der Waals surface area contributed by atoms with E-state index in [1.807, 2.05) is 37.7 Å². The number of amides is 1. The Hall–Kier alpha value is -2.08. The summed E-state index contributed by atoms with van der Waals surface area (Å²) in [7, 11) is 3.47. The first kappa shape index (κ1) is 15.8. The van der Waals surface area contributed by atoms with Gasteiger partial charge in [0, 0.05) is 11.9 Å². The molecule has 1 aromatic heterocycles. The number of hydrogen-bond donors (Lipinski definition) is 0. The summed E-state index contributed by atoms with van der Waals surface area (Å²) in [6.07, 6.45) is 0.678. The Morgan fingerprint density at radius 2 is 2.35 bits per heavy atom. The molecule has 0 N–H and O–H groups in total. The summed E-state index contributed by atoms with van der Waals surface area (Å²) in [6.45, 7) is 2.98. The molecule has 0 fully saturated rings. The standard InChI is InChI=1S/C17H20N2O3S/c1-11-16(23-10-18-11)8-19(2)17(20)13-6-12-7-14(21-3)4-5-15(12)22-9-13/h4-5,7,10,13H,6,8-9H2,1-3H3. The Kier molecular flexibility index (Phi) is 4.52. The SMILES string of the molecule is COc1ccc2c(c1)CC(C(=O)N(C)Cc1scnc1C)CO2. The molecule has 1 aliphatic rings. The highest BCUT2D eigenvalue weighted by Crippen LogP contribution is 2.31. The fourth-order valence-corrected chi connectivity index (χ4v) is 3.57. The van der Waals surface area contributed by atoms with Crippen LogP contribution in [0.3, 0.4) is 0 Å². The van der Waals surface area contributed by atoms with E-state index in [-0.39, 0.29) is 11.8 Å². The first-order chi connectivity index (χ1) is 11.1. The van der Waals surface area contributed by atoms with Gasteiger partial charge in [0.2, 0.25) is 5.91 Å². The molecule has 122 valence electrons. The van der Waals surface area contributed by atoms with Gasteiger partial charge in [0.15, 0.2) is 0 Å². The summed E-state index contributed by atoms with van der Waals surface area (Å²) in [6, 6.07) is 5.72. The van der Waals surface area contributed by atoms with Crippen LogP contribution in [0.15, 0.2) is 23.7 Å². The van der Waals surface area contributed by atoms with Crippen LogP contribution in [-0.2, 0) is 17.8 Å². The fraction of sp³-hybridized carbons (Fsp3) is 0.412. The summed E-state index contributed by atoms with van der Waals surface area (Å²) in [5.41, 5.74) is 3.83. The first-order valence-electron chi connectivity index (χ1n) is 7.52. The van der Waals surface area contributed by atoms with Crippen LogP contribution in [-0.4, -0.2) is 36.6 Å². The first-order valence-corrected chi connectivity index (χ1v) is 8.40. The maximum absolute atomic E-state index is 12.7.